The number of rotatable bonds is 5. The van der Waals surface area contributed by atoms with Crippen LogP contribution in [0.5, 0.6) is 0 Å². The second kappa shape index (κ2) is 9.19. The van der Waals surface area contributed by atoms with Gasteiger partial charge in [0.05, 0.1) is 31.7 Å². The van der Waals surface area contributed by atoms with Crippen LogP contribution in [0.4, 0.5) is 5.69 Å². The first-order valence-electron chi connectivity index (χ1n) is 10.9. The number of nitrogens with two attached hydrogens (primary N) is 1. The molecule has 0 unspecified atom stereocenters. The van der Waals surface area contributed by atoms with Gasteiger partial charge in [0.2, 0.25) is 0 Å². The highest BCUT2D eigenvalue weighted by Crippen LogP contribution is 2.33. The van der Waals surface area contributed by atoms with Gasteiger partial charge in [-0.25, -0.2) is 13.1 Å². The summed E-state index contributed by atoms with van der Waals surface area (Å²) in [5.74, 6) is -1.15. The number of carbonyl (C=O) groups excluding carboxylic acids is 2. The second-order valence-electron chi connectivity index (χ2n) is 8.34. The molecule has 0 bridgehead atoms. The van der Waals surface area contributed by atoms with Gasteiger partial charge in [-0.15, -0.1) is 0 Å². The molecule has 5 rings (SSSR count). The van der Waals surface area contributed by atoms with Crippen molar-refractivity contribution in [3.8, 4) is 5.69 Å². The minimum atomic E-state index is -3.39. The van der Waals surface area contributed by atoms with E-state index in [9.17, 15) is 18.0 Å². The lowest BCUT2D eigenvalue weighted by atomic mass is 10.0. The van der Waals surface area contributed by atoms with Gasteiger partial charge in [0.1, 0.15) is 0 Å². The molecule has 0 spiro atoms. The van der Waals surface area contributed by atoms with Crippen LogP contribution in [-0.4, -0.2) is 36.3 Å². The largest absolute Gasteiger partial charge is 0.364 e. The van der Waals surface area contributed by atoms with Crippen molar-refractivity contribution in [2.24, 2.45) is 5.73 Å². The number of amides is 2. The first-order chi connectivity index (χ1) is 17.5. The fourth-order valence-corrected chi connectivity index (χ4v) is 5.10. The molecular formula is C26H18Cl2N4O4S. The van der Waals surface area contributed by atoms with Crippen molar-refractivity contribution in [1.82, 2.24) is 9.78 Å². The van der Waals surface area contributed by atoms with E-state index in [2.05, 4.69) is 10.4 Å². The van der Waals surface area contributed by atoms with Gasteiger partial charge in [-0.05, 0) is 60.0 Å². The first kappa shape index (κ1) is 24.8. The molecule has 5 aromatic rings. The Morgan fingerprint density at radius 1 is 0.946 bits per heavy atom. The van der Waals surface area contributed by atoms with E-state index in [4.69, 9.17) is 28.9 Å². The van der Waals surface area contributed by atoms with E-state index in [1.54, 1.807) is 48.5 Å². The number of benzene rings is 4. The number of anilines is 1. The highest BCUT2D eigenvalue weighted by Gasteiger charge is 2.20. The molecule has 0 saturated heterocycles. The van der Waals surface area contributed by atoms with Crippen LogP contribution in [-0.2, 0) is 9.84 Å². The molecule has 0 aliphatic carbocycles. The lowest BCUT2D eigenvalue weighted by Gasteiger charge is -2.11. The quantitative estimate of drug-likeness (QED) is 0.308. The Bertz CT molecular complexity index is 1850. The Balaban J connectivity index is 1.67. The van der Waals surface area contributed by atoms with Crippen molar-refractivity contribution in [2.45, 2.75) is 4.90 Å². The van der Waals surface area contributed by atoms with E-state index >= 15 is 0 Å². The minimum Gasteiger partial charge on any atom is -0.364 e. The van der Waals surface area contributed by atoms with Crippen molar-refractivity contribution >= 4 is 72.2 Å². The van der Waals surface area contributed by atoms with Crippen molar-refractivity contribution in [2.75, 3.05) is 11.6 Å². The third-order valence-corrected chi connectivity index (χ3v) is 7.80. The third kappa shape index (κ3) is 4.53. The van der Waals surface area contributed by atoms with Crippen LogP contribution in [0.3, 0.4) is 0 Å². The van der Waals surface area contributed by atoms with Gasteiger partial charge in [-0.2, -0.15) is 5.10 Å². The summed E-state index contributed by atoms with van der Waals surface area (Å²) in [6.07, 6.45) is 1.12. The van der Waals surface area contributed by atoms with Crippen LogP contribution in [0.15, 0.2) is 77.7 Å². The van der Waals surface area contributed by atoms with Crippen LogP contribution in [0.1, 0.15) is 20.8 Å². The van der Waals surface area contributed by atoms with E-state index in [-0.39, 0.29) is 26.2 Å². The zero-order valence-electron chi connectivity index (χ0n) is 19.2. The Morgan fingerprint density at radius 3 is 2.32 bits per heavy atom. The monoisotopic (exact) mass is 552 g/mol. The summed E-state index contributed by atoms with van der Waals surface area (Å²) in [6.45, 7) is 0. The topological polar surface area (TPSA) is 124 Å². The number of nitrogens with one attached hydrogen (secondary N) is 1. The summed E-state index contributed by atoms with van der Waals surface area (Å²) in [6, 6.07) is 19.8. The van der Waals surface area contributed by atoms with Gasteiger partial charge in [0.15, 0.2) is 15.5 Å². The number of hydrogen-bond donors (Lipinski definition) is 2. The van der Waals surface area contributed by atoms with E-state index in [0.717, 1.165) is 11.6 Å². The molecule has 3 N–H and O–H groups in total. The molecule has 2 amide bonds. The summed E-state index contributed by atoms with van der Waals surface area (Å²) in [7, 11) is -3.39. The zero-order chi connectivity index (χ0) is 26.5. The van der Waals surface area contributed by atoms with Gasteiger partial charge < -0.3 is 11.1 Å². The number of fused-ring (bicyclic) bond motifs is 3. The first-order valence-corrected chi connectivity index (χ1v) is 13.5. The zero-order valence-corrected chi connectivity index (χ0v) is 21.5. The Morgan fingerprint density at radius 2 is 1.65 bits per heavy atom. The van der Waals surface area contributed by atoms with E-state index < -0.39 is 21.7 Å². The smallest absolute Gasteiger partial charge is 0.269 e. The van der Waals surface area contributed by atoms with E-state index in [1.165, 1.54) is 16.8 Å². The minimum absolute atomic E-state index is 0.0595. The van der Waals surface area contributed by atoms with Crippen molar-refractivity contribution in [1.29, 1.82) is 0 Å². The average molecular weight is 553 g/mol. The summed E-state index contributed by atoms with van der Waals surface area (Å²) >= 11 is 12.3. The number of carbonyl (C=O) groups is 2. The van der Waals surface area contributed by atoms with Gasteiger partial charge in [0.25, 0.3) is 11.8 Å². The molecular weight excluding hydrogens is 535 g/mol. The Hall–Kier alpha value is -3.92. The van der Waals surface area contributed by atoms with Crippen LogP contribution >= 0.6 is 23.2 Å². The van der Waals surface area contributed by atoms with Gasteiger partial charge in [0, 0.05) is 22.7 Å². The van der Waals surface area contributed by atoms with E-state index in [1.807, 2.05) is 12.1 Å². The van der Waals surface area contributed by atoms with Crippen LogP contribution < -0.4 is 11.1 Å². The lowest BCUT2D eigenvalue weighted by molar-refractivity contribution is 0.0994. The molecule has 4 aromatic carbocycles. The molecule has 0 fully saturated rings. The van der Waals surface area contributed by atoms with Crippen LogP contribution in [0.2, 0.25) is 10.0 Å². The number of sulfone groups is 1. The molecule has 1 heterocycles. The average Bonchev–Trinajstić information content (AvgIpc) is 3.26. The molecule has 37 heavy (non-hydrogen) atoms. The summed E-state index contributed by atoms with van der Waals surface area (Å²) < 4.78 is 25.3. The van der Waals surface area contributed by atoms with E-state index in [0.29, 0.717) is 27.7 Å². The Labute approximate surface area is 221 Å². The number of primary amides is 1. The summed E-state index contributed by atoms with van der Waals surface area (Å²) in [4.78, 5) is 25.2. The van der Waals surface area contributed by atoms with Gasteiger partial charge >= 0.3 is 0 Å². The maximum absolute atomic E-state index is 12.9. The van der Waals surface area contributed by atoms with Gasteiger partial charge in [-0.3, -0.25) is 9.59 Å². The number of nitrogens with zero attached hydrogens (tertiary/aromatic N) is 2. The lowest BCUT2D eigenvalue weighted by Crippen LogP contribution is -2.12. The third-order valence-electron chi connectivity index (χ3n) is 5.86. The van der Waals surface area contributed by atoms with Gasteiger partial charge in [-0.1, -0.05) is 41.4 Å². The molecule has 8 nitrogen and oxygen atoms in total. The maximum Gasteiger partial charge on any atom is 0.269 e. The predicted octanol–water partition coefficient (Wildman–Crippen LogP) is 5.24. The van der Waals surface area contributed by atoms with Crippen molar-refractivity contribution < 1.29 is 18.0 Å². The number of halogens is 2. The number of hydrogen-bond acceptors (Lipinski definition) is 5. The standard InChI is InChI=1S/C26H18Cl2N4O4S/c1-37(35,36)17-10-8-16(9-11-17)32-24-19(23(31-32)25(29)33)12-6-14-5-7-15(13-20(14)24)30-26(34)18-3-2-4-21(27)22(18)28/h2-13H,1H3,(H2,29,33)(H,30,34). The fourth-order valence-electron chi connectivity index (χ4n) is 4.09. The molecule has 0 saturated carbocycles. The highest BCUT2D eigenvalue weighted by molar-refractivity contribution is 7.90. The molecule has 11 heteroatoms. The molecule has 186 valence electrons. The number of aromatic nitrogens is 2. The molecule has 0 aliphatic heterocycles. The SMILES string of the molecule is CS(=O)(=O)c1ccc(-n2nc(C(N)=O)c3ccc4ccc(NC(=O)c5cccc(Cl)c5Cl)cc4c32)cc1. The Kier molecular flexibility index (Phi) is 6.15. The molecule has 0 atom stereocenters. The van der Waals surface area contributed by atoms with Crippen LogP contribution in [0.25, 0.3) is 27.4 Å². The molecule has 1 aromatic heterocycles. The molecule has 0 aliphatic rings. The highest BCUT2D eigenvalue weighted by atomic mass is 35.5. The van der Waals surface area contributed by atoms with Crippen molar-refractivity contribution in [3.05, 3.63) is 94.1 Å². The molecule has 0 radical (unpaired) electrons. The summed E-state index contributed by atoms with van der Waals surface area (Å²) in [5, 5.41) is 9.67. The summed E-state index contributed by atoms with van der Waals surface area (Å²) in [5.41, 5.74) is 7.45. The second-order valence-corrected chi connectivity index (χ2v) is 11.1. The fraction of sp³-hybridized carbons (Fsp3) is 0.0385. The van der Waals surface area contributed by atoms with Crippen LogP contribution in [0, 0.1) is 0 Å². The maximum atomic E-state index is 12.9. The predicted molar refractivity (Wildman–Crippen MR) is 145 cm³/mol. The normalized spacial score (nSPS) is 11.6. The van der Waals surface area contributed by atoms with Crippen molar-refractivity contribution in [3.63, 3.8) is 0 Å².